The third-order valence-electron chi connectivity index (χ3n) is 3.65. The van der Waals surface area contributed by atoms with Gasteiger partial charge in [-0.15, -0.1) is 0 Å². The molecule has 1 aliphatic rings. The molecule has 0 bridgehead atoms. The molecule has 0 saturated heterocycles. The zero-order valence-corrected chi connectivity index (χ0v) is 11.3. The van der Waals surface area contributed by atoms with E-state index in [4.69, 9.17) is 4.74 Å². The van der Waals surface area contributed by atoms with Gasteiger partial charge in [0.25, 0.3) is 0 Å². The summed E-state index contributed by atoms with van der Waals surface area (Å²) >= 11 is 0. The number of fused-ring (bicyclic) bond motifs is 1. The van der Waals surface area contributed by atoms with Gasteiger partial charge in [0.1, 0.15) is 6.10 Å². The molecule has 0 radical (unpaired) electrons. The number of hydrogen-bond donors (Lipinski definition) is 0. The summed E-state index contributed by atoms with van der Waals surface area (Å²) < 4.78 is 5.68. The molecule has 1 aliphatic carbocycles. The lowest BCUT2D eigenvalue weighted by Gasteiger charge is -2.17. The van der Waals surface area contributed by atoms with Crippen LogP contribution in [0.3, 0.4) is 0 Å². The lowest BCUT2D eigenvalue weighted by Crippen LogP contribution is -2.13. The minimum atomic E-state index is -0.269. The highest BCUT2D eigenvalue weighted by Gasteiger charge is 2.23. The van der Waals surface area contributed by atoms with Gasteiger partial charge >= 0.3 is 5.97 Å². The standard InChI is InChI=1S/C17H17NO2/c19-17(14-8-2-1-3-9-14)20-15-11-5-4-7-13-10-6-12-18-16(13)15/h1-3,6,8-10,12,15H,4-5,7,11H2. The van der Waals surface area contributed by atoms with Crippen molar-refractivity contribution in [1.29, 1.82) is 0 Å². The molecule has 1 unspecified atom stereocenters. The fourth-order valence-electron chi connectivity index (χ4n) is 2.62. The Morgan fingerprint density at radius 2 is 1.95 bits per heavy atom. The summed E-state index contributed by atoms with van der Waals surface area (Å²) in [7, 11) is 0. The molecule has 102 valence electrons. The van der Waals surface area contributed by atoms with Gasteiger partial charge in [0.2, 0.25) is 0 Å². The Balaban J connectivity index is 1.82. The number of aromatic nitrogens is 1. The molecule has 0 N–H and O–H groups in total. The average molecular weight is 267 g/mol. The molecule has 0 saturated carbocycles. The number of nitrogens with zero attached hydrogens (tertiary/aromatic N) is 1. The quantitative estimate of drug-likeness (QED) is 0.615. The molecule has 2 aromatic rings. The minimum Gasteiger partial charge on any atom is -0.452 e. The topological polar surface area (TPSA) is 39.2 Å². The number of carbonyl (C=O) groups is 1. The maximum atomic E-state index is 12.2. The number of ether oxygens (including phenoxy) is 1. The SMILES string of the molecule is O=C(OC1CCCCc2cccnc21)c1ccccc1. The number of rotatable bonds is 2. The van der Waals surface area contributed by atoms with E-state index in [9.17, 15) is 4.79 Å². The molecule has 1 aromatic carbocycles. The zero-order chi connectivity index (χ0) is 13.8. The summed E-state index contributed by atoms with van der Waals surface area (Å²) in [5.74, 6) is -0.269. The molecule has 0 aliphatic heterocycles. The van der Waals surface area contributed by atoms with E-state index in [-0.39, 0.29) is 12.1 Å². The van der Waals surface area contributed by atoms with Crippen LogP contribution in [0.15, 0.2) is 48.7 Å². The first-order chi connectivity index (χ1) is 9.84. The van der Waals surface area contributed by atoms with Crippen LogP contribution in [0.5, 0.6) is 0 Å². The zero-order valence-electron chi connectivity index (χ0n) is 11.3. The molecule has 0 fully saturated rings. The van der Waals surface area contributed by atoms with E-state index in [0.717, 1.165) is 31.4 Å². The molecule has 0 spiro atoms. The second kappa shape index (κ2) is 5.87. The van der Waals surface area contributed by atoms with E-state index in [1.54, 1.807) is 18.3 Å². The third-order valence-corrected chi connectivity index (χ3v) is 3.65. The summed E-state index contributed by atoms with van der Waals surface area (Å²) in [4.78, 5) is 16.6. The van der Waals surface area contributed by atoms with E-state index in [1.807, 2.05) is 24.3 Å². The monoisotopic (exact) mass is 267 g/mol. The molecule has 3 heteroatoms. The Bertz CT molecular complexity index is 595. The molecule has 3 nitrogen and oxygen atoms in total. The van der Waals surface area contributed by atoms with Crippen LogP contribution < -0.4 is 0 Å². The molecule has 1 atom stereocenters. The van der Waals surface area contributed by atoms with E-state index >= 15 is 0 Å². The predicted octanol–water partition coefficient (Wildman–Crippen LogP) is 3.71. The van der Waals surface area contributed by atoms with Crippen molar-refractivity contribution in [2.45, 2.75) is 31.8 Å². The highest BCUT2D eigenvalue weighted by Crippen LogP contribution is 2.30. The Morgan fingerprint density at radius 3 is 2.80 bits per heavy atom. The van der Waals surface area contributed by atoms with Crippen molar-refractivity contribution in [2.75, 3.05) is 0 Å². The molecule has 1 heterocycles. The van der Waals surface area contributed by atoms with E-state index in [0.29, 0.717) is 5.56 Å². The van der Waals surface area contributed by atoms with Crippen molar-refractivity contribution in [3.05, 3.63) is 65.5 Å². The van der Waals surface area contributed by atoms with Crippen LogP contribution in [-0.2, 0) is 11.2 Å². The third kappa shape index (κ3) is 2.72. The minimum absolute atomic E-state index is 0.221. The summed E-state index contributed by atoms with van der Waals surface area (Å²) in [5, 5.41) is 0. The number of aryl methyl sites for hydroxylation is 1. The molecule has 1 aromatic heterocycles. The predicted molar refractivity (Wildman–Crippen MR) is 76.4 cm³/mol. The summed E-state index contributed by atoms with van der Waals surface area (Å²) in [5.41, 5.74) is 2.72. The van der Waals surface area contributed by atoms with Gasteiger partial charge in [-0.3, -0.25) is 4.98 Å². The number of benzene rings is 1. The van der Waals surface area contributed by atoms with Gasteiger partial charge in [-0.2, -0.15) is 0 Å². The fourth-order valence-corrected chi connectivity index (χ4v) is 2.62. The van der Waals surface area contributed by atoms with E-state index < -0.39 is 0 Å². The Morgan fingerprint density at radius 1 is 1.10 bits per heavy atom. The van der Waals surface area contributed by atoms with Crippen LogP contribution in [-0.4, -0.2) is 11.0 Å². The highest BCUT2D eigenvalue weighted by molar-refractivity contribution is 5.89. The van der Waals surface area contributed by atoms with Crippen molar-refractivity contribution in [3.63, 3.8) is 0 Å². The molecule has 3 rings (SSSR count). The maximum Gasteiger partial charge on any atom is 0.338 e. The van der Waals surface area contributed by atoms with Gasteiger partial charge in [0, 0.05) is 6.20 Å². The first-order valence-corrected chi connectivity index (χ1v) is 7.04. The van der Waals surface area contributed by atoms with Gasteiger partial charge < -0.3 is 4.74 Å². The molecule has 0 amide bonds. The highest BCUT2D eigenvalue weighted by atomic mass is 16.5. The fraction of sp³-hybridized carbons (Fsp3) is 0.294. The summed E-state index contributed by atoms with van der Waals surface area (Å²) in [6.45, 7) is 0. The number of pyridine rings is 1. The maximum absolute atomic E-state index is 12.2. The second-order valence-electron chi connectivity index (χ2n) is 5.05. The van der Waals surface area contributed by atoms with E-state index in [2.05, 4.69) is 11.1 Å². The van der Waals surface area contributed by atoms with Crippen LogP contribution in [0.2, 0.25) is 0 Å². The molecular formula is C17H17NO2. The second-order valence-corrected chi connectivity index (χ2v) is 5.05. The molecule has 20 heavy (non-hydrogen) atoms. The van der Waals surface area contributed by atoms with Gasteiger partial charge in [0.15, 0.2) is 0 Å². The van der Waals surface area contributed by atoms with E-state index in [1.165, 1.54) is 5.56 Å². The van der Waals surface area contributed by atoms with Crippen molar-refractivity contribution >= 4 is 5.97 Å². The van der Waals surface area contributed by atoms with Crippen molar-refractivity contribution in [3.8, 4) is 0 Å². The summed E-state index contributed by atoms with van der Waals surface area (Å²) in [6.07, 6.45) is 5.60. The lowest BCUT2D eigenvalue weighted by molar-refractivity contribution is 0.0265. The Labute approximate surface area is 118 Å². The van der Waals surface area contributed by atoms with Crippen LogP contribution in [0.4, 0.5) is 0 Å². The average Bonchev–Trinajstić information content (AvgIpc) is 2.71. The van der Waals surface area contributed by atoms with Crippen LogP contribution in [0, 0.1) is 0 Å². The molecular weight excluding hydrogens is 250 g/mol. The van der Waals surface area contributed by atoms with Crippen LogP contribution >= 0.6 is 0 Å². The van der Waals surface area contributed by atoms with Crippen LogP contribution in [0.25, 0.3) is 0 Å². The van der Waals surface area contributed by atoms with Crippen molar-refractivity contribution in [1.82, 2.24) is 4.98 Å². The number of carbonyl (C=O) groups excluding carboxylic acids is 1. The smallest absolute Gasteiger partial charge is 0.338 e. The van der Waals surface area contributed by atoms with Crippen molar-refractivity contribution < 1.29 is 9.53 Å². The van der Waals surface area contributed by atoms with Gasteiger partial charge in [-0.05, 0) is 49.4 Å². The van der Waals surface area contributed by atoms with Gasteiger partial charge in [-0.1, -0.05) is 24.3 Å². The van der Waals surface area contributed by atoms with Gasteiger partial charge in [0.05, 0.1) is 11.3 Å². The first kappa shape index (κ1) is 12.9. The Kier molecular flexibility index (Phi) is 3.77. The largest absolute Gasteiger partial charge is 0.452 e. The lowest BCUT2D eigenvalue weighted by atomic mass is 10.1. The number of hydrogen-bond acceptors (Lipinski definition) is 3. The first-order valence-electron chi connectivity index (χ1n) is 7.04. The number of esters is 1. The normalized spacial score (nSPS) is 17.9. The summed E-state index contributed by atoms with van der Waals surface area (Å²) in [6, 6.07) is 13.2. The Hall–Kier alpha value is -2.16. The van der Waals surface area contributed by atoms with Crippen molar-refractivity contribution in [2.24, 2.45) is 0 Å². The van der Waals surface area contributed by atoms with Gasteiger partial charge in [-0.25, -0.2) is 4.79 Å². The van der Waals surface area contributed by atoms with Crippen LogP contribution in [0.1, 0.15) is 47.0 Å².